The first-order chi connectivity index (χ1) is 14.2. The number of hydrogen-bond donors (Lipinski definition) is 1. The van der Waals surface area contributed by atoms with Gasteiger partial charge < -0.3 is 19.6 Å². The number of carbonyl (C=O) groups excluding carboxylic acids is 1. The quantitative estimate of drug-likeness (QED) is 0.613. The van der Waals surface area contributed by atoms with E-state index >= 15 is 0 Å². The van der Waals surface area contributed by atoms with Crippen LogP contribution in [-0.4, -0.2) is 78.0 Å². The first kappa shape index (κ1) is 19.4. The Bertz CT molecular complexity index is 843. The van der Waals surface area contributed by atoms with Gasteiger partial charge in [-0.15, -0.1) is 0 Å². The molecule has 0 aliphatic carbocycles. The Hall–Kier alpha value is -2.87. The average Bonchev–Trinajstić information content (AvgIpc) is 3.28. The summed E-state index contributed by atoms with van der Waals surface area (Å²) in [5.74, 6) is 0.905. The van der Waals surface area contributed by atoms with E-state index in [1.807, 2.05) is 17.0 Å². The highest BCUT2D eigenvalue weighted by Gasteiger charge is 2.23. The number of rotatable bonds is 4. The van der Waals surface area contributed by atoms with Crippen molar-refractivity contribution in [1.29, 1.82) is 0 Å². The molecular weight excluding hydrogens is 368 g/mol. The maximum atomic E-state index is 12.7. The highest BCUT2D eigenvalue weighted by molar-refractivity contribution is 5.86. The molecule has 0 unspecified atom stereocenters. The topological polar surface area (TPSA) is 77.2 Å². The lowest BCUT2D eigenvalue weighted by Crippen LogP contribution is -2.53. The molecule has 29 heavy (non-hydrogen) atoms. The maximum absolute atomic E-state index is 12.7. The predicted octanol–water partition coefficient (Wildman–Crippen LogP) is 0.953. The van der Waals surface area contributed by atoms with Gasteiger partial charge in [0.1, 0.15) is 6.26 Å². The summed E-state index contributed by atoms with van der Waals surface area (Å²) >= 11 is 0. The van der Waals surface area contributed by atoms with Crippen LogP contribution in [0.1, 0.15) is 16.8 Å². The van der Waals surface area contributed by atoms with Crippen molar-refractivity contribution in [3.8, 4) is 0 Å². The Kier molecular flexibility index (Phi) is 6.09. The molecule has 0 radical (unpaired) electrons. The smallest absolute Gasteiger partial charge is 0.242 e. The van der Waals surface area contributed by atoms with Crippen molar-refractivity contribution in [2.45, 2.75) is 19.5 Å². The number of aromatic nitrogens is 1. The largest absolute Gasteiger partial charge is 0.364 e. The summed E-state index contributed by atoms with van der Waals surface area (Å²) in [6, 6.07) is 10.3. The van der Waals surface area contributed by atoms with Crippen molar-refractivity contribution in [2.75, 3.05) is 46.3 Å². The average molecular weight is 396 g/mol. The second-order valence-electron chi connectivity index (χ2n) is 7.49. The molecule has 1 aromatic carbocycles. The fraction of sp³-hybridized carbons (Fsp3) is 0.476. The van der Waals surface area contributed by atoms with E-state index in [2.05, 4.69) is 43.5 Å². The molecule has 8 nitrogen and oxygen atoms in total. The summed E-state index contributed by atoms with van der Waals surface area (Å²) in [7, 11) is 1.77. The highest BCUT2D eigenvalue weighted by Crippen LogP contribution is 2.18. The molecule has 1 aromatic heterocycles. The third-order valence-electron chi connectivity index (χ3n) is 5.64. The van der Waals surface area contributed by atoms with E-state index < -0.39 is 0 Å². The molecule has 0 atom stereocenters. The lowest BCUT2D eigenvalue weighted by Gasteiger charge is -2.36. The van der Waals surface area contributed by atoms with Crippen LogP contribution in [0.15, 0.2) is 46.1 Å². The number of fused-ring (bicyclic) bond motifs is 1. The number of amides is 1. The molecule has 8 heteroatoms. The molecule has 4 rings (SSSR count). The van der Waals surface area contributed by atoms with E-state index in [0.717, 1.165) is 57.3 Å². The summed E-state index contributed by atoms with van der Waals surface area (Å²) in [4.78, 5) is 23.6. The molecule has 154 valence electrons. The number of piperazine rings is 1. The van der Waals surface area contributed by atoms with Crippen molar-refractivity contribution in [3.05, 3.63) is 53.4 Å². The molecule has 2 aliphatic rings. The van der Waals surface area contributed by atoms with Gasteiger partial charge >= 0.3 is 0 Å². The number of nitrogens with zero attached hydrogens (tertiary/aromatic N) is 5. The zero-order valence-electron chi connectivity index (χ0n) is 16.9. The third kappa shape index (κ3) is 4.76. The van der Waals surface area contributed by atoms with E-state index in [9.17, 15) is 4.79 Å². The fourth-order valence-electron chi connectivity index (χ4n) is 3.97. The Morgan fingerprint density at radius 2 is 1.90 bits per heavy atom. The number of benzene rings is 1. The minimum absolute atomic E-state index is 0.116. The molecular formula is C21H28N6O2. The minimum Gasteiger partial charge on any atom is -0.364 e. The van der Waals surface area contributed by atoms with Crippen LogP contribution in [0.2, 0.25) is 0 Å². The summed E-state index contributed by atoms with van der Waals surface area (Å²) in [6.45, 7) is 6.10. The van der Waals surface area contributed by atoms with E-state index in [-0.39, 0.29) is 12.5 Å². The summed E-state index contributed by atoms with van der Waals surface area (Å²) in [5, 5.41) is 7.24. The molecule has 0 bridgehead atoms. The van der Waals surface area contributed by atoms with Crippen LogP contribution in [0.5, 0.6) is 0 Å². The van der Waals surface area contributed by atoms with Gasteiger partial charge in [-0.3, -0.25) is 14.7 Å². The highest BCUT2D eigenvalue weighted by atomic mass is 16.5. The number of aliphatic imine (C=N–C) groups is 1. The van der Waals surface area contributed by atoms with Gasteiger partial charge in [0.05, 0.1) is 12.2 Å². The monoisotopic (exact) mass is 396 g/mol. The molecule has 3 heterocycles. The zero-order valence-corrected chi connectivity index (χ0v) is 16.9. The van der Waals surface area contributed by atoms with E-state index in [1.165, 1.54) is 11.1 Å². The SMILES string of the molecule is CN=C(NCC(=O)N1CCc2ccccc2C1)N1CCN(Cc2ccon2)CC1. The van der Waals surface area contributed by atoms with Crippen LogP contribution in [-0.2, 0) is 24.3 Å². The van der Waals surface area contributed by atoms with Crippen LogP contribution in [0, 0.1) is 0 Å². The second kappa shape index (κ2) is 9.09. The third-order valence-corrected chi connectivity index (χ3v) is 5.64. The first-order valence-corrected chi connectivity index (χ1v) is 10.1. The molecule has 0 spiro atoms. The van der Waals surface area contributed by atoms with Crippen LogP contribution in [0.3, 0.4) is 0 Å². The van der Waals surface area contributed by atoms with Crippen molar-refractivity contribution >= 4 is 11.9 Å². The zero-order chi connectivity index (χ0) is 20.1. The van der Waals surface area contributed by atoms with E-state index in [4.69, 9.17) is 4.52 Å². The normalized spacial score (nSPS) is 17.9. The van der Waals surface area contributed by atoms with Crippen LogP contribution in [0.4, 0.5) is 0 Å². The Labute approximate surface area is 171 Å². The first-order valence-electron chi connectivity index (χ1n) is 10.1. The Balaban J connectivity index is 1.24. The number of carbonyl (C=O) groups is 1. The molecule has 2 aromatic rings. The molecule has 1 fully saturated rings. The lowest BCUT2D eigenvalue weighted by atomic mass is 10.00. The lowest BCUT2D eigenvalue weighted by molar-refractivity contribution is -0.130. The fourth-order valence-corrected chi connectivity index (χ4v) is 3.97. The summed E-state index contributed by atoms with van der Waals surface area (Å²) in [6.07, 6.45) is 2.53. The second-order valence-corrected chi connectivity index (χ2v) is 7.49. The van der Waals surface area contributed by atoms with E-state index in [1.54, 1.807) is 13.3 Å². The standard InChI is InChI=1S/C21H28N6O2/c1-22-21(26-11-9-25(10-12-26)16-19-7-13-29-24-19)23-14-20(28)27-8-6-17-4-2-3-5-18(17)15-27/h2-5,7,13H,6,8-12,14-16H2,1H3,(H,22,23). The van der Waals surface area contributed by atoms with Crippen molar-refractivity contribution in [2.24, 2.45) is 4.99 Å². The van der Waals surface area contributed by atoms with Gasteiger partial charge in [-0.1, -0.05) is 29.4 Å². The molecule has 1 saturated heterocycles. The Morgan fingerprint density at radius 1 is 1.10 bits per heavy atom. The van der Waals surface area contributed by atoms with Crippen LogP contribution < -0.4 is 5.32 Å². The minimum atomic E-state index is 0.116. The van der Waals surface area contributed by atoms with Gasteiger partial charge in [0.15, 0.2) is 5.96 Å². The molecule has 2 aliphatic heterocycles. The van der Waals surface area contributed by atoms with Gasteiger partial charge in [0, 0.05) is 58.9 Å². The van der Waals surface area contributed by atoms with Crippen molar-refractivity contribution in [3.63, 3.8) is 0 Å². The molecule has 1 amide bonds. The van der Waals surface area contributed by atoms with Crippen molar-refractivity contribution in [1.82, 2.24) is 25.2 Å². The van der Waals surface area contributed by atoms with Gasteiger partial charge in [-0.05, 0) is 17.5 Å². The van der Waals surface area contributed by atoms with Crippen LogP contribution >= 0.6 is 0 Å². The number of guanidine groups is 1. The van der Waals surface area contributed by atoms with Gasteiger partial charge in [-0.25, -0.2) is 0 Å². The van der Waals surface area contributed by atoms with Crippen molar-refractivity contribution < 1.29 is 9.32 Å². The van der Waals surface area contributed by atoms with Gasteiger partial charge in [-0.2, -0.15) is 0 Å². The van der Waals surface area contributed by atoms with E-state index in [0.29, 0.717) is 6.54 Å². The molecule has 1 N–H and O–H groups in total. The van der Waals surface area contributed by atoms with Gasteiger partial charge in [0.25, 0.3) is 0 Å². The molecule has 0 saturated carbocycles. The number of hydrogen-bond acceptors (Lipinski definition) is 5. The summed E-state index contributed by atoms with van der Waals surface area (Å²) < 4.78 is 4.90. The predicted molar refractivity (Wildman–Crippen MR) is 110 cm³/mol. The summed E-state index contributed by atoms with van der Waals surface area (Å²) in [5.41, 5.74) is 3.55. The maximum Gasteiger partial charge on any atom is 0.242 e. The number of nitrogens with one attached hydrogen (secondary N) is 1. The Morgan fingerprint density at radius 3 is 2.62 bits per heavy atom. The van der Waals surface area contributed by atoms with Gasteiger partial charge in [0.2, 0.25) is 5.91 Å². The van der Waals surface area contributed by atoms with Crippen LogP contribution in [0.25, 0.3) is 0 Å².